The van der Waals surface area contributed by atoms with Crippen LogP contribution in [0.3, 0.4) is 0 Å². The molecule has 3 unspecified atom stereocenters. The first-order chi connectivity index (χ1) is 12.0. The minimum atomic E-state index is 0.0584. The average Bonchev–Trinajstić information content (AvgIpc) is 2.67. The zero-order chi connectivity index (χ0) is 19.0. The minimum absolute atomic E-state index is 0.0584. The maximum Gasteiger partial charge on any atom is 0.161 e. The molecule has 142 valence electrons. The number of unbranched alkanes of at least 4 members (excludes halogenated alkanes) is 1. The molecule has 0 amide bonds. The number of benzene rings is 1. The lowest BCUT2D eigenvalue weighted by Gasteiger charge is -2.46. The molecule has 0 radical (unpaired) electrons. The third kappa shape index (κ3) is 4.37. The Bertz CT molecular complexity index is 552. The summed E-state index contributed by atoms with van der Waals surface area (Å²) in [7, 11) is 3.34. The van der Waals surface area contributed by atoms with Gasteiger partial charge in [-0.3, -0.25) is 4.79 Å². The molecule has 1 fully saturated rings. The van der Waals surface area contributed by atoms with Gasteiger partial charge in [0.15, 0.2) is 11.5 Å². The highest BCUT2D eigenvalue weighted by Crippen LogP contribution is 2.49. The van der Waals surface area contributed by atoms with Crippen molar-refractivity contribution >= 4 is 5.78 Å². The van der Waals surface area contributed by atoms with E-state index in [0.29, 0.717) is 18.1 Å². The molecular formula is C22H36O3. The molecule has 1 aromatic rings. The summed E-state index contributed by atoms with van der Waals surface area (Å²) in [6.07, 6.45) is 5.10. The Morgan fingerprint density at radius 1 is 1.12 bits per heavy atom. The molecule has 1 saturated carbocycles. The first kappa shape index (κ1) is 21.5. The van der Waals surface area contributed by atoms with Crippen LogP contribution in [0.1, 0.15) is 72.3 Å². The molecule has 1 aliphatic carbocycles. The van der Waals surface area contributed by atoms with Gasteiger partial charge in [0.05, 0.1) is 14.2 Å². The molecule has 1 aromatic carbocycles. The summed E-state index contributed by atoms with van der Waals surface area (Å²) in [4.78, 5) is 12.2. The van der Waals surface area contributed by atoms with Gasteiger partial charge in [0.1, 0.15) is 5.78 Å². The number of rotatable bonds is 6. The van der Waals surface area contributed by atoms with Gasteiger partial charge in [-0.1, -0.05) is 53.5 Å². The maximum atomic E-state index is 12.2. The van der Waals surface area contributed by atoms with Crippen molar-refractivity contribution in [2.75, 3.05) is 14.2 Å². The predicted octanol–water partition coefficient (Wildman–Crippen LogP) is 5.79. The zero-order valence-corrected chi connectivity index (χ0v) is 17.1. The third-order valence-corrected chi connectivity index (χ3v) is 5.88. The minimum Gasteiger partial charge on any atom is -0.493 e. The van der Waals surface area contributed by atoms with Crippen LogP contribution in [0.2, 0.25) is 0 Å². The topological polar surface area (TPSA) is 35.5 Å². The van der Waals surface area contributed by atoms with Crippen LogP contribution < -0.4 is 9.47 Å². The van der Waals surface area contributed by atoms with Gasteiger partial charge in [-0.2, -0.15) is 0 Å². The highest BCUT2D eigenvalue weighted by atomic mass is 16.5. The van der Waals surface area contributed by atoms with Crippen molar-refractivity contribution in [3.8, 4) is 11.5 Å². The fourth-order valence-corrected chi connectivity index (χ4v) is 4.10. The fourth-order valence-electron chi connectivity index (χ4n) is 4.10. The normalized spacial score (nSPS) is 25.8. The molecule has 0 saturated heterocycles. The Balaban J connectivity index is 0.00000151. The summed E-state index contributed by atoms with van der Waals surface area (Å²) in [5.41, 5.74) is 1.35. The van der Waals surface area contributed by atoms with Gasteiger partial charge in [-0.15, -0.1) is 0 Å². The van der Waals surface area contributed by atoms with E-state index in [1.54, 1.807) is 14.2 Å². The van der Waals surface area contributed by atoms with Crippen LogP contribution in [0.25, 0.3) is 0 Å². The number of hydrogen-bond acceptors (Lipinski definition) is 3. The molecule has 25 heavy (non-hydrogen) atoms. The van der Waals surface area contributed by atoms with Crippen molar-refractivity contribution in [1.29, 1.82) is 0 Å². The number of carbonyl (C=O) groups excluding carboxylic acids is 1. The van der Waals surface area contributed by atoms with E-state index in [9.17, 15) is 4.79 Å². The van der Waals surface area contributed by atoms with Crippen LogP contribution >= 0.6 is 0 Å². The zero-order valence-electron chi connectivity index (χ0n) is 17.1. The Hall–Kier alpha value is -1.51. The third-order valence-electron chi connectivity index (χ3n) is 5.88. The number of methoxy groups -OCH3 is 2. The van der Waals surface area contributed by atoms with E-state index >= 15 is 0 Å². The standard InChI is InChI=1S/C20H30O3.C2H6/c1-6-7-11-20(12-10-17(21)14(2)15(20)3)16-8-9-18(22-4)19(13-16)23-5;1-2/h8-9,13-15H,6-7,10-12H2,1-5H3;1-2H3. The number of Topliss-reactive ketones (excluding diaryl/α,β-unsaturated/α-hetero) is 1. The first-order valence-electron chi connectivity index (χ1n) is 9.75. The van der Waals surface area contributed by atoms with Gasteiger partial charge >= 0.3 is 0 Å². The molecule has 0 heterocycles. The van der Waals surface area contributed by atoms with Gasteiger partial charge in [0.25, 0.3) is 0 Å². The van der Waals surface area contributed by atoms with E-state index in [1.165, 1.54) is 18.4 Å². The number of ketones is 1. The van der Waals surface area contributed by atoms with Crippen LogP contribution in [0.4, 0.5) is 0 Å². The molecule has 3 nitrogen and oxygen atoms in total. The van der Waals surface area contributed by atoms with Crippen molar-refractivity contribution in [2.24, 2.45) is 11.8 Å². The lowest BCUT2D eigenvalue weighted by molar-refractivity contribution is -0.128. The van der Waals surface area contributed by atoms with E-state index < -0.39 is 0 Å². The molecule has 0 bridgehead atoms. The van der Waals surface area contributed by atoms with Crippen molar-refractivity contribution in [3.63, 3.8) is 0 Å². The average molecular weight is 349 g/mol. The Labute approximate surface area is 154 Å². The summed E-state index contributed by atoms with van der Waals surface area (Å²) in [6, 6.07) is 6.28. The second kappa shape index (κ2) is 9.84. The second-order valence-corrected chi connectivity index (χ2v) is 6.87. The van der Waals surface area contributed by atoms with E-state index in [-0.39, 0.29) is 11.3 Å². The summed E-state index contributed by atoms with van der Waals surface area (Å²) >= 11 is 0. The van der Waals surface area contributed by atoms with Crippen molar-refractivity contribution < 1.29 is 14.3 Å². The highest BCUT2D eigenvalue weighted by Gasteiger charge is 2.45. The van der Waals surface area contributed by atoms with Gasteiger partial charge in [-0.25, -0.2) is 0 Å². The van der Waals surface area contributed by atoms with E-state index in [2.05, 4.69) is 32.9 Å². The molecule has 3 atom stereocenters. The summed E-state index contributed by atoms with van der Waals surface area (Å²) in [5.74, 6) is 2.40. The summed E-state index contributed by atoms with van der Waals surface area (Å²) < 4.78 is 10.9. The molecule has 3 heteroatoms. The second-order valence-electron chi connectivity index (χ2n) is 6.87. The van der Waals surface area contributed by atoms with Crippen LogP contribution in [-0.4, -0.2) is 20.0 Å². The Morgan fingerprint density at radius 3 is 2.32 bits per heavy atom. The quantitative estimate of drug-likeness (QED) is 0.652. The van der Waals surface area contributed by atoms with E-state index in [4.69, 9.17) is 9.47 Å². The molecular weight excluding hydrogens is 312 g/mol. The van der Waals surface area contributed by atoms with Gasteiger partial charge in [0.2, 0.25) is 0 Å². The lowest BCUT2D eigenvalue weighted by atomic mass is 9.57. The van der Waals surface area contributed by atoms with Gasteiger partial charge < -0.3 is 9.47 Å². The number of carbonyl (C=O) groups is 1. The van der Waals surface area contributed by atoms with Gasteiger partial charge in [-0.05, 0) is 41.9 Å². The molecule has 0 N–H and O–H groups in total. The smallest absolute Gasteiger partial charge is 0.161 e. The fraction of sp³-hybridized carbons (Fsp3) is 0.682. The SMILES string of the molecule is CC.CCCCC1(c2ccc(OC)c(OC)c2)CCC(=O)C(C)C1C. The Morgan fingerprint density at radius 2 is 1.76 bits per heavy atom. The van der Waals surface area contributed by atoms with Crippen LogP contribution in [0, 0.1) is 11.8 Å². The van der Waals surface area contributed by atoms with Crippen LogP contribution in [0.5, 0.6) is 11.5 Å². The lowest BCUT2D eigenvalue weighted by Crippen LogP contribution is -2.44. The number of hydrogen-bond donors (Lipinski definition) is 0. The van der Waals surface area contributed by atoms with Crippen molar-refractivity contribution in [3.05, 3.63) is 23.8 Å². The predicted molar refractivity (Wildman–Crippen MR) is 105 cm³/mol. The Kier molecular flexibility index (Phi) is 8.47. The van der Waals surface area contributed by atoms with E-state index in [0.717, 1.165) is 24.3 Å². The van der Waals surface area contributed by atoms with Crippen LogP contribution in [-0.2, 0) is 10.2 Å². The molecule has 0 aliphatic heterocycles. The molecule has 0 spiro atoms. The van der Waals surface area contributed by atoms with Crippen LogP contribution in [0.15, 0.2) is 18.2 Å². The molecule has 2 rings (SSSR count). The molecule has 0 aromatic heterocycles. The van der Waals surface area contributed by atoms with Crippen molar-refractivity contribution in [1.82, 2.24) is 0 Å². The maximum absolute atomic E-state index is 12.2. The summed E-state index contributed by atoms with van der Waals surface area (Å²) in [6.45, 7) is 10.6. The first-order valence-corrected chi connectivity index (χ1v) is 9.75. The van der Waals surface area contributed by atoms with Crippen molar-refractivity contribution in [2.45, 2.75) is 72.1 Å². The number of ether oxygens (including phenoxy) is 2. The molecule has 1 aliphatic rings. The van der Waals surface area contributed by atoms with E-state index in [1.807, 2.05) is 19.9 Å². The van der Waals surface area contributed by atoms with Gasteiger partial charge in [0, 0.05) is 12.3 Å². The summed E-state index contributed by atoms with van der Waals surface area (Å²) in [5, 5.41) is 0. The monoisotopic (exact) mass is 348 g/mol. The highest BCUT2D eigenvalue weighted by molar-refractivity contribution is 5.82. The largest absolute Gasteiger partial charge is 0.493 e.